The van der Waals surface area contributed by atoms with E-state index in [1.54, 1.807) is 0 Å². The summed E-state index contributed by atoms with van der Waals surface area (Å²) in [4.78, 5) is 5.03. The van der Waals surface area contributed by atoms with Crippen LogP contribution in [-0.4, -0.2) is 22.8 Å². The number of hydrogen-bond donors (Lipinski definition) is 1. The van der Waals surface area contributed by atoms with E-state index in [1.165, 1.54) is 31.5 Å². The van der Waals surface area contributed by atoms with Crippen molar-refractivity contribution in [3.63, 3.8) is 0 Å². The molecule has 0 aromatic carbocycles. The van der Waals surface area contributed by atoms with Gasteiger partial charge in [-0.05, 0) is 31.6 Å². The molecule has 0 spiro atoms. The summed E-state index contributed by atoms with van der Waals surface area (Å²) >= 11 is 0. The van der Waals surface area contributed by atoms with Crippen LogP contribution in [0.25, 0.3) is 0 Å². The first-order valence-electron chi connectivity index (χ1n) is 8.60. The van der Waals surface area contributed by atoms with Crippen molar-refractivity contribution >= 4 is 5.82 Å². The largest absolute Gasteiger partial charge is 0.384 e. The Morgan fingerprint density at radius 3 is 2.52 bits per heavy atom. The van der Waals surface area contributed by atoms with Crippen molar-refractivity contribution in [2.24, 2.45) is 5.92 Å². The maximum Gasteiger partial charge on any atom is 0.127 e. The lowest BCUT2D eigenvalue weighted by Crippen LogP contribution is -2.17. The van der Waals surface area contributed by atoms with E-state index in [1.807, 2.05) is 0 Å². The monoisotopic (exact) mass is 291 g/mol. The lowest BCUT2D eigenvalue weighted by atomic mass is 9.98. The van der Waals surface area contributed by atoms with E-state index in [0.29, 0.717) is 17.8 Å². The summed E-state index contributed by atoms with van der Waals surface area (Å²) in [6.07, 6.45) is 7.50. The number of nitrogens with two attached hydrogens (primary N) is 1. The quantitative estimate of drug-likeness (QED) is 0.920. The van der Waals surface area contributed by atoms with E-state index >= 15 is 0 Å². The van der Waals surface area contributed by atoms with E-state index in [4.69, 9.17) is 15.5 Å². The molecule has 0 radical (unpaired) electrons. The molecular formula is C17H29N3O. The number of rotatable bonds is 4. The van der Waals surface area contributed by atoms with Crippen LogP contribution in [0.2, 0.25) is 0 Å². The third-order valence-corrected chi connectivity index (χ3v) is 4.88. The van der Waals surface area contributed by atoms with Crippen molar-refractivity contribution in [1.29, 1.82) is 0 Å². The van der Waals surface area contributed by atoms with E-state index < -0.39 is 0 Å². The summed E-state index contributed by atoms with van der Waals surface area (Å²) in [5.41, 5.74) is 7.60. The van der Waals surface area contributed by atoms with Crippen LogP contribution in [0.3, 0.4) is 0 Å². The average Bonchev–Trinajstić information content (AvgIpc) is 3.09. The molecule has 1 saturated carbocycles. The van der Waals surface area contributed by atoms with Crippen LogP contribution in [0, 0.1) is 5.92 Å². The predicted octanol–water partition coefficient (Wildman–Crippen LogP) is 3.67. The molecule has 2 heterocycles. The molecule has 2 aliphatic rings. The Balaban J connectivity index is 1.92. The van der Waals surface area contributed by atoms with Crippen LogP contribution in [0.4, 0.5) is 5.82 Å². The minimum atomic E-state index is 0.396. The van der Waals surface area contributed by atoms with Gasteiger partial charge < -0.3 is 15.0 Å². The SMILES string of the molecule is CC(C)Cn1c(C2CCCC2)nc(C2CCCOC2)c1N. The van der Waals surface area contributed by atoms with Crippen molar-refractivity contribution in [3.8, 4) is 0 Å². The first kappa shape index (κ1) is 14.9. The normalized spacial score (nSPS) is 24.0. The standard InChI is InChI=1S/C17H29N3O/c1-12(2)10-20-16(18)15(14-8-5-9-21-11-14)19-17(20)13-6-3-4-7-13/h12-14H,3-11,18H2,1-2H3. The molecular weight excluding hydrogens is 262 g/mol. The zero-order valence-electron chi connectivity index (χ0n) is 13.5. The van der Waals surface area contributed by atoms with Crippen LogP contribution in [0.5, 0.6) is 0 Å². The van der Waals surface area contributed by atoms with Crippen molar-refractivity contribution < 1.29 is 4.74 Å². The van der Waals surface area contributed by atoms with Gasteiger partial charge in [-0.2, -0.15) is 0 Å². The van der Waals surface area contributed by atoms with Crippen molar-refractivity contribution in [1.82, 2.24) is 9.55 Å². The molecule has 21 heavy (non-hydrogen) atoms. The van der Waals surface area contributed by atoms with E-state index in [9.17, 15) is 0 Å². The highest BCUT2D eigenvalue weighted by atomic mass is 16.5. The Morgan fingerprint density at radius 1 is 1.19 bits per heavy atom. The summed E-state index contributed by atoms with van der Waals surface area (Å²) < 4.78 is 7.95. The summed E-state index contributed by atoms with van der Waals surface area (Å²) in [6.45, 7) is 7.16. The van der Waals surface area contributed by atoms with Crippen LogP contribution in [0.1, 0.15) is 75.7 Å². The molecule has 4 heteroatoms. The Labute approximate surface area is 128 Å². The highest BCUT2D eigenvalue weighted by Gasteiger charge is 2.29. The van der Waals surface area contributed by atoms with Gasteiger partial charge in [0.25, 0.3) is 0 Å². The fraction of sp³-hybridized carbons (Fsp3) is 0.824. The number of ether oxygens (including phenoxy) is 1. The molecule has 1 saturated heterocycles. The molecule has 1 aromatic rings. The molecule has 1 atom stereocenters. The number of aromatic nitrogens is 2. The summed E-state index contributed by atoms with van der Waals surface area (Å²) in [6, 6.07) is 0. The van der Waals surface area contributed by atoms with Crippen LogP contribution in [-0.2, 0) is 11.3 Å². The second-order valence-electron chi connectivity index (χ2n) is 7.14. The Bertz CT molecular complexity index is 469. The molecule has 0 bridgehead atoms. The minimum absolute atomic E-state index is 0.396. The van der Waals surface area contributed by atoms with Gasteiger partial charge in [-0.1, -0.05) is 26.7 Å². The van der Waals surface area contributed by atoms with E-state index in [-0.39, 0.29) is 0 Å². The van der Waals surface area contributed by atoms with Crippen molar-refractivity contribution in [2.75, 3.05) is 18.9 Å². The molecule has 1 aliphatic heterocycles. The molecule has 1 aromatic heterocycles. The lowest BCUT2D eigenvalue weighted by Gasteiger charge is -2.21. The molecule has 118 valence electrons. The van der Waals surface area contributed by atoms with Crippen LogP contribution >= 0.6 is 0 Å². The van der Waals surface area contributed by atoms with Crippen molar-refractivity contribution in [2.45, 2.75) is 70.8 Å². The van der Waals surface area contributed by atoms with Gasteiger partial charge in [0, 0.05) is 25.0 Å². The Hall–Kier alpha value is -1.03. The second-order valence-corrected chi connectivity index (χ2v) is 7.14. The van der Waals surface area contributed by atoms with Gasteiger partial charge in [0.15, 0.2) is 0 Å². The maximum atomic E-state index is 6.50. The van der Waals surface area contributed by atoms with Gasteiger partial charge in [0.1, 0.15) is 11.6 Å². The second kappa shape index (κ2) is 6.39. The van der Waals surface area contributed by atoms with Gasteiger partial charge in [0.2, 0.25) is 0 Å². The number of anilines is 1. The van der Waals surface area contributed by atoms with Gasteiger partial charge in [0.05, 0.1) is 12.3 Å². The maximum absolute atomic E-state index is 6.50. The number of hydrogen-bond acceptors (Lipinski definition) is 3. The van der Waals surface area contributed by atoms with Crippen molar-refractivity contribution in [3.05, 3.63) is 11.5 Å². The van der Waals surface area contributed by atoms with Gasteiger partial charge in [-0.3, -0.25) is 0 Å². The first-order chi connectivity index (χ1) is 10.2. The molecule has 1 aliphatic carbocycles. The molecule has 2 fully saturated rings. The third-order valence-electron chi connectivity index (χ3n) is 4.88. The van der Waals surface area contributed by atoms with Crippen LogP contribution < -0.4 is 5.73 Å². The zero-order valence-corrected chi connectivity index (χ0v) is 13.5. The van der Waals surface area contributed by atoms with Gasteiger partial charge in [-0.25, -0.2) is 4.98 Å². The molecule has 2 N–H and O–H groups in total. The summed E-state index contributed by atoms with van der Waals surface area (Å²) in [7, 11) is 0. The van der Waals surface area contributed by atoms with Gasteiger partial charge in [-0.15, -0.1) is 0 Å². The highest BCUT2D eigenvalue weighted by Crippen LogP contribution is 2.38. The molecule has 3 rings (SSSR count). The topological polar surface area (TPSA) is 53.1 Å². The van der Waals surface area contributed by atoms with E-state index in [0.717, 1.165) is 44.1 Å². The number of nitrogens with zero attached hydrogens (tertiary/aromatic N) is 2. The smallest absolute Gasteiger partial charge is 0.127 e. The molecule has 0 amide bonds. The lowest BCUT2D eigenvalue weighted by molar-refractivity contribution is 0.0795. The average molecular weight is 291 g/mol. The predicted molar refractivity (Wildman–Crippen MR) is 85.5 cm³/mol. The Kier molecular flexibility index (Phi) is 4.53. The first-order valence-corrected chi connectivity index (χ1v) is 8.60. The fourth-order valence-electron chi connectivity index (χ4n) is 3.81. The highest BCUT2D eigenvalue weighted by molar-refractivity contribution is 5.42. The Morgan fingerprint density at radius 2 is 1.90 bits per heavy atom. The molecule has 1 unspecified atom stereocenters. The minimum Gasteiger partial charge on any atom is -0.384 e. The summed E-state index contributed by atoms with van der Waals surface area (Å²) in [5.74, 6) is 3.76. The molecule has 4 nitrogen and oxygen atoms in total. The fourth-order valence-corrected chi connectivity index (χ4v) is 3.81. The third kappa shape index (κ3) is 3.10. The number of imidazole rings is 1. The number of nitrogen functional groups attached to an aromatic ring is 1. The van der Waals surface area contributed by atoms with E-state index in [2.05, 4.69) is 18.4 Å². The van der Waals surface area contributed by atoms with Crippen LogP contribution in [0.15, 0.2) is 0 Å². The van der Waals surface area contributed by atoms with Gasteiger partial charge >= 0.3 is 0 Å². The summed E-state index contributed by atoms with van der Waals surface area (Å²) in [5, 5.41) is 0. The zero-order chi connectivity index (χ0) is 14.8.